The molecule has 5 aromatic rings. The number of aromatic nitrogens is 4. The van der Waals surface area contributed by atoms with Crippen molar-refractivity contribution in [2.24, 2.45) is 7.05 Å². The zero-order chi connectivity index (χ0) is 26.4. The number of aliphatic hydroxyl groups is 1. The number of hydrogen-bond donors (Lipinski definition) is 3. The van der Waals surface area contributed by atoms with Gasteiger partial charge in [-0.2, -0.15) is 10.2 Å². The monoisotopic (exact) mass is 515 g/mol. The van der Waals surface area contributed by atoms with E-state index in [9.17, 15) is 18.7 Å². The van der Waals surface area contributed by atoms with Gasteiger partial charge >= 0.3 is 0 Å². The second-order valence-corrected chi connectivity index (χ2v) is 10.3. The van der Waals surface area contributed by atoms with Crippen LogP contribution < -0.4 is 5.32 Å². The van der Waals surface area contributed by atoms with Crippen LogP contribution in [0.2, 0.25) is 0 Å². The van der Waals surface area contributed by atoms with Crippen molar-refractivity contribution in [2.45, 2.75) is 43.7 Å². The third kappa shape index (κ3) is 4.54. The number of hydrogen-bond acceptors (Lipinski definition) is 4. The van der Waals surface area contributed by atoms with E-state index in [1.165, 1.54) is 18.2 Å². The van der Waals surface area contributed by atoms with Crippen LogP contribution in [-0.4, -0.2) is 42.6 Å². The average Bonchev–Trinajstić information content (AvgIpc) is 3.48. The van der Waals surface area contributed by atoms with Crippen LogP contribution in [0.5, 0.6) is 0 Å². The van der Waals surface area contributed by atoms with Crippen molar-refractivity contribution >= 4 is 27.7 Å². The molecule has 1 saturated carbocycles. The molecule has 0 radical (unpaired) electrons. The quantitative estimate of drug-likeness (QED) is 0.306. The summed E-state index contributed by atoms with van der Waals surface area (Å²) in [6.07, 6.45) is 3.76. The maximum atomic E-state index is 14.2. The summed E-state index contributed by atoms with van der Waals surface area (Å²) < 4.78 is 30.2. The van der Waals surface area contributed by atoms with Crippen LogP contribution >= 0.6 is 0 Å². The molecule has 7 nitrogen and oxygen atoms in total. The summed E-state index contributed by atoms with van der Waals surface area (Å²) >= 11 is 0. The third-order valence-electron chi connectivity index (χ3n) is 7.44. The van der Waals surface area contributed by atoms with Gasteiger partial charge in [0.05, 0.1) is 22.3 Å². The lowest BCUT2D eigenvalue weighted by molar-refractivity contribution is -0.00754. The van der Waals surface area contributed by atoms with Gasteiger partial charge in [0, 0.05) is 53.2 Å². The molecule has 0 spiro atoms. The number of fused-ring (bicyclic) bond motifs is 2. The minimum atomic E-state index is -1.30. The first-order valence-corrected chi connectivity index (χ1v) is 12.7. The summed E-state index contributed by atoms with van der Waals surface area (Å²) in [6, 6.07) is 14.7. The number of amides is 1. The van der Waals surface area contributed by atoms with Crippen molar-refractivity contribution in [2.75, 3.05) is 0 Å². The van der Waals surface area contributed by atoms with E-state index in [0.717, 1.165) is 33.1 Å². The zero-order valence-electron chi connectivity index (χ0n) is 20.8. The van der Waals surface area contributed by atoms with Gasteiger partial charge in [-0.05, 0) is 68.1 Å². The van der Waals surface area contributed by atoms with Crippen molar-refractivity contribution < 1.29 is 18.7 Å². The van der Waals surface area contributed by atoms with Crippen LogP contribution in [-0.2, 0) is 13.5 Å². The Balaban J connectivity index is 1.22. The molecule has 0 bridgehead atoms. The number of benzene rings is 3. The van der Waals surface area contributed by atoms with Crippen molar-refractivity contribution in [3.8, 4) is 11.3 Å². The molecule has 3 aromatic carbocycles. The molecular weight excluding hydrogens is 488 g/mol. The molecule has 194 valence electrons. The normalized spacial score (nSPS) is 19.7. The van der Waals surface area contributed by atoms with E-state index in [2.05, 4.69) is 20.6 Å². The van der Waals surface area contributed by atoms with E-state index < -0.39 is 17.2 Å². The molecule has 2 heterocycles. The summed E-state index contributed by atoms with van der Waals surface area (Å²) in [6.45, 7) is 0. The van der Waals surface area contributed by atoms with Gasteiger partial charge in [0.15, 0.2) is 0 Å². The lowest BCUT2D eigenvalue weighted by Gasteiger charge is -2.37. The number of H-pyrrole nitrogens is 1. The highest BCUT2D eigenvalue weighted by Gasteiger charge is 2.36. The molecule has 1 amide bonds. The van der Waals surface area contributed by atoms with Crippen molar-refractivity contribution in [3.05, 3.63) is 83.6 Å². The summed E-state index contributed by atoms with van der Waals surface area (Å²) in [5.41, 5.74) is 2.39. The number of carbonyl (C=O) groups excluding carboxylic acids is 1. The largest absolute Gasteiger partial charge is 0.389 e. The summed E-state index contributed by atoms with van der Waals surface area (Å²) in [5, 5.41) is 27.9. The number of rotatable bonds is 5. The van der Waals surface area contributed by atoms with Gasteiger partial charge in [0.1, 0.15) is 11.6 Å². The first-order chi connectivity index (χ1) is 18.3. The number of nitrogens with one attached hydrogen (secondary N) is 2. The maximum Gasteiger partial charge on any atom is 0.251 e. The SMILES string of the molecule is Cn1cc2cc(-c3n[nH]c4ccc(C(=O)N[C@@H]5CCC[C@@](O)(Cc6c(F)cccc6F)C5)cc34)ccc2n1. The Hall–Kier alpha value is -4.11. The van der Waals surface area contributed by atoms with Crippen molar-refractivity contribution in [1.29, 1.82) is 0 Å². The van der Waals surface area contributed by atoms with E-state index in [1.54, 1.807) is 16.8 Å². The molecule has 2 aromatic heterocycles. The van der Waals surface area contributed by atoms with Gasteiger partial charge in [-0.1, -0.05) is 12.1 Å². The highest BCUT2D eigenvalue weighted by atomic mass is 19.1. The molecule has 38 heavy (non-hydrogen) atoms. The molecule has 0 aliphatic heterocycles. The lowest BCUT2D eigenvalue weighted by atomic mass is 9.78. The van der Waals surface area contributed by atoms with Gasteiger partial charge in [-0.3, -0.25) is 14.6 Å². The van der Waals surface area contributed by atoms with E-state index in [-0.39, 0.29) is 30.4 Å². The summed E-state index contributed by atoms with van der Waals surface area (Å²) in [4.78, 5) is 13.2. The highest BCUT2D eigenvalue weighted by Crippen LogP contribution is 2.34. The Morgan fingerprint density at radius 3 is 2.82 bits per heavy atom. The minimum absolute atomic E-state index is 0.121. The fraction of sp³-hybridized carbons (Fsp3) is 0.276. The Kier molecular flexibility index (Phi) is 5.95. The van der Waals surface area contributed by atoms with E-state index >= 15 is 0 Å². The molecule has 0 unspecified atom stereocenters. The maximum absolute atomic E-state index is 14.2. The molecule has 9 heteroatoms. The van der Waals surface area contributed by atoms with Crippen LogP contribution in [0.3, 0.4) is 0 Å². The van der Waals surface area contributed by atoms with Crippen molar-refractivity contribution in [3.63, 3.8) is 0 Å². The molecule has 3 N–H and O–H groups in total. The molecule has 0 saturated heterocycles. The van der Waals surface area contributed by atoms with Crippen LogP contribution in [0.4, 0.5) is 8.78 Å². The number of halogens is 2. The predicted molar refractivity (Wildman–Crippen MR) is 141 cm³/mol. The van der Waals surface area contributed by atoms with E-state index in [4.69, 9.17) is 0 Å². The average molecular weight is 516 g/mol. The Bertz CT molecular complexity index is 1660. The van der Waals surface area contributed by atoms with Crippen LogP contribution in [0.25, 0.3) is 33.1 Å². The Labute approximate surface area is 217 Å². The number of nitrogens with zero attached hydrogens (tertiary/aromatic N) is 3. The standard InChI is InChI=1S/C29H27F2N5O2/c1-36-16-19-12-17(7-9-25(19)35-36)27-21-13-18(8-10-26(21)33-34-27)28(37)32-20-4-3-11-29(38,14-20)15-22-23(30)5-2-6-24(22)31/h2,5-10,12-13,16,20,38H,3-4,11,14-15H2,1H3,(H,32,37)(H,33,34)/t20-,29+/m1/s1. The molecule has 1 aliphatic rings. The van der Waals surface area contributed by atoms with Gasteiger partial charge in [-0.15, -0.1) is 0 Å². The molecular formula is C29H27F2N5O2. The van der Waals surface area contributed by atoms with Crippen molar-refractivity contribution in [1.82, 2.24) is 25.3 Å². The van der Waals surface area contributed by atoms with Crippen LogP contribution in [0, 0.1) is 11.6 Å². The first-order valence-electron chi connectivity index (χ1n) is 12.7. The molecule has 2 atom stereocenters. The molecule has 1 aliphatic carbocycles. The van der Waals surface area contributed by atoms with E-state index in [0.29, 0.717) is 24.8 Å². The Morgan fingerprint density at radius 1 is 1.18 bits per heavy atom. The molecule has 6 rings (SSSR count). The number of carbonyl (C=O) groups is 1. The zero-order valence-corrected chi connectivity index (χ0v) is 20.8. The predicted octanol–water partition coefficient (Wildman–Crippen LogP) is 5.04. The van der Waals surface area contributed by atoms with Gasteiger partial charge in [-0.25, -0.2) is 8.78 Å². The third-order valence-corrected chi connectivity index (χ3v) is 7.44. The van der Waals surface area contributed by atoms with Gasteiger partial charge in [0.2, 0.25) is 0 Å². The fourth-order valence-electron chi connectivity index (χ4n) is 5.59. The topological polar surface area (TPSA) is 95.8 Å². The smallest absolute Gasteiger partial charge is 0.251 e. The number of aromatic amines is 1. The summed E-state index contributed by atoms with van der Waals surface area (Å²) in [7, 11) is 1.87. The van der Waals surface area contributed by atoms with Crippen LogP contribution in [0.15, 0.2) is 60.8 Å². The fourth-order valence-corrected chi connectivity index (χ4v) is 5.59. The van der Waals surface area contributed by atoms with Gasteiger partial charge in [0.25, 0.3) is 5.91 Å². The number of aryl methyl sites for hydroxylation is 1. The van der Waals surface area contributed by atoms with E-state index in [1.807, 2.05) is 37.5 Å². The van der Waals surface area contributed by atoms with Gasteiger partial charge < -0.3 is 10.4 Å². The second-order valence-electron chi connectivity index (χ2n) is 10.3. The minimum Gasteiger partial charge on any atom is -0.389 e. The second kappa shape index (κ2) is 9.33. The van der Waals surface area contributed by atoms with Crippen LogP contribution in [0.1, 0.15) is 41.6 Å². The Morgan fingerprint density at radius 2 is 2.00 bits per heavy atom. The lowest BCUT2D eigenvalue weighted by Crippen LogP contribution is -2.47. The highest BCUT2D eigenvalue weighted by molar-refractivity contribution is 6.02. The summed E-state index contributed by atoms with van der Waals surface area (Å²) in [5.74, 6) is -1.61. The molecule has 1 fully saturated rings. The first kappa shape index (κ1) is 24.2.